The first-order valence-corrected chi connectivity index (χ1v) is 24.1. The average Bonchev–Trinajstić information content (AvgIpc) is 3.74. The summed E-state index contributed by atoms with van der Waals surface area (Å²) in [7, 11) is -4.74. The number of hydrogen-bond acceptors (Lipinski definition) is 12. The molecule has 1 amide bonds. The topological polar surface area (TPSA) is 181 Å². The molecule has 0 bridgehead atoms. The number of amides is 1. The van der Waals surface area contributed by atoms with E-state index in [0.29, 0.717) is 68.0 Å². The Kier molecular flexibility index (Phi) is 12.4. The first-order valence-electron chi connectivity index (χ1n) is 22.2. The minimum atomic E-state index is -4.74. The molecule has 3 aromatic carbocycles. The number of nitro benzene ring substituents is 1. The highest BCUT2D eigenvalue weighted by molar-refractivity contribution is 7.90. The van der Waals surface area contributed by atoms with Crippen molar-refractivity contribution in [3.63, 3.8) is 0 Å². The zero-order chi connectivity index (χ0) is 46.4. The Labute approximate surface area is 387 Å². The molecule has 5 aromatic rings. The fourth-order valence-electron chi connectivity index (χ4n) is 9.69. The molecule has 3 aliphatic heterocycles. The van der Waals surface area contributed by atoms with Gasteiger partial charge in [-0.25, -0.2) is 22.5 Å². The Bertz CT molecular complexity index is 2810. The summed E-state index contributed by atoms with van der Waals surface area (Å²) in [6, 6.07) is 19.8. The summed E-state index contributed by atoms with van der Waals surface area (Å²) >= 11 is 6.36. The van der Waals surface area contributed by atoms with Crippen LogP contribution >= 0.6 is 11.6 Å². The molecular formula is C48H53ClFN7O8S. The largest absolute Gasteiger partial charge is 0.483 e. The number of carbonyl (C=O) groups excluding carboxylic acids is 1. The predicted molar refractivity (Wildman–Crippen MR) is 250 cm³/mol. The number of likely N-dealkylation sites (tertiary alicyclic amines) is 1. The molecule has 3 N–H and O–H groups in total. The van der Waals surface area contributed by atoms with E-state index in [1.165, 1.54) is 23.4 Å². The molecule has 2 aromatic heterocycles. The van der Waals surface area contributed by atoms with Gasteiger partial charge in [0, 0.05) is 55.4 Å². The van der Waals surface area contributed by atoms with Crippen LogP contribution in [0.25, 0.3) is 16.6 Å². The summed E-state index contributed by atoms with van der Waals surface area (Å²) < 4.78 is 63.7. The molecule has 15 nitrogen and oxygen atoms in total. The van der Waals surface area contributed by atoms with Crippen molar-refractivity contribution in [2.75, 3.05) is 57.4 Å². The lowest BCUT2D eigenvalue weighted by Crippen LogP contribution is -2.61. The number of benzene rings is 3. The molecule has 348 valence electrons. The van der Waals surface area contributed by atoms with E-state index in [0.717, 1.165) is 48.4 Å². The molecule has 0 radical (unpaired) electrons. The third-order valence-electron chi connectivity index (χ3n) is 13.6. The van der Waals surface area contributed by atoms with Gasteiger partial charge in [-0.2, -0.15) is 0 Å². The number of nitrogens with zero attached hydrogens (tertiary/aromatic N) is 4. The number of hydrogen-bond donors (Lipinski definition) is 3. The molecule has 9 rings (SSSR count). The fourth-order valence-corrected chi connectivity index (χ4v) is 10.8. The number of H-pyrrole nitrogens is 1. The van der Waals surface area contributed by atoms with Crippen molar-refractivity contribution in [3.05, 3.63) is 117 Å². The summed E-state index contributed by atoms with van der Waals surface area (Å²) in [5.41, 5.74) is 1.61. The highest BCUT2D eigenvalue weighted by Crippen LogP contribution is 2.50. The van der Waals surface area contributed by atoms with Crippen molar-refractivity contribution in [2.24, 2.45) is 5.41 Å². The number of alkyl halides is 1. The van der Waals surface area contributed by atoms with Crippen molar-refractivity contribution in [2.45, 2.75) is 75.0 Å². The third kappa shape index (κ3) is 9.23. The number of aromatic nitrogens is 2. The lowest BCUT2D eigenvalue weighted by atomic mass is 9.67. The Morgan fingerprint density at radius 3 is 2.55 bits per heavy atom. The van der Waals surface area contributed by atoms with Crippen molar-refractivity contribution >= 4 is 55.5 Å². The van der Waals surface area contributed by atoms with Crippen LogP contribution in [0.3, 0.4) is 0 Å². The fraction of sp³-hybridized carbons (Fsp3) is 0.417. The SMILES string of the molecule is CC1(C)CCC(C2(C)CNCCN2c2cccc(C(=O)NS(=O)(=O)c3ccc(OCC4(F)CCN(C5COC5)CC4)c([N+](=O)[O-])c3)c2Oc2cnc3[nH]ccc3c2)=C(c2ccc(Cl)cc2)C1. The van der Waals surface area contributed by atoms with Gasteiger partial charge in [0.1, 0.15) is 23.7 Å². The molecule has 0 saturated carbocycles. The van der Waals surface area contributed by atoms with Crippen LogP contribution in [0.2, 0.25) is 5.02 Å². The van der Waals surface area contributed by atoms with Gasteiger partial charge < -0.3 is 29.4 Å². The number of nitrogens with one attached hydrogen (secondary N) is 3. The Hall–Kier alpha value is -5.59. The minimum Gasteiger partial charge on any atom is -0.483 e. The number of fused-ring (bicyclic) bond motifs is 1. The van der Waals surface area contributed by atoms with E-state index in [4.69, 9.17) is 25.8 Å². The monoisotopic (exact) mass is 941 g/mol. The number of nitro groups is 1. The van der Waals surface area contributed by atoms with Gasteiger partial charge in [-0.05, 0) is 110 Å². The lowest BCUT2D eigenvalue weighted by molar-refractivity contribution is -0.386. The number of allylic oxidation sites excluding steroid dienone is 1. The quantitative estimate of drug-likeness (QED) is 0.0758. The summed E-state index contributed by atoms with van der Waals surface area (Å²) in [5.74, 6) is -0.907. The number of anilines is 1. The molecule has 1 unspecified atom stereocenters. The van der Waals surface area contributed by atoms with Crippen LogP contribution < -0.4 is 24.4 Å². The molecule has 5 heterocycles. The second-order valence-electron chi connectivity index (χ2n) is 18.7. The van der Waals surface area contributed by atoms with E-state index in [1.807, 2.05) is 24.3 Å². The van der Waals surface area contributed by atoms with Crippen LogP contribution in [-0.2, 0) is 14.8 Å². The summed E-state index contributed by atoms with van der Waals surface area (Å²) in [5, 5.41) is 17.3. The highest BCUT2D eigenvalue weighted by atomic mass is 35.5. The smallest absolute Gasteiger partial charge is 0.312 e. The minimum absolute atomic E-state index is 0.0393. The number of pyridine rings is 1. The van der Waals surface area contributed by atoms with Crippen molar-refractivity contribution in [1.82, 2.24) is 24.9 Å². The number of aromatic amines is 1. The molecule has 3 fully saturated rings. The molecule has 1 atom stereocenters. The molecule has 66 heavy (non-hydrogen) atoms. The van der Waals surface area contributed by atoms with Crippen LogP contribution in [0.15, 0.2) is 95.7 Å². The summed E-state index contributed by atoms with van der Waals surface area (Å²) in [6.45, 7) is 10.2. The second-order valence-corrected chi connectivity index (χ2v) is 20.9. The van der Waals surface area contributed by atoms with E-state index in [-0.39, 0.29) is 41.4 Å². The van der Waals surface area contributed by atoms with Crippen LogP contribution in [0, 0.1) is 15.5 Å². The number of sulfonamides is 1. The third-order valence-corrected chi connectivity index (χ3v) is 15.2. The number of halogens is 2. The molecule has 4 aliphatic rings. The molecular weight excluding hydrogens is 889 g/mol. The number of para-hydroxylation sites is 1. The van der Waals surface area contributed by atoms with Gasteiger partial charge in [0.15, 0.2) is 11.5 Å². The van der Waals surface area contributed by atoms with Gasteiger partial charge in [-0.3, -0.25) is 19.8 Å². The van der Waals surface area contributed by atoms with Crippen LogP contribution in [0.1, 0.15) is 68.8 Å². The van der Waals surface area contributed by atoms with E-state index < -0.39 is 49.3 Å². The lowest BCUT2D eigenvalue weighted by Gasteiger charge is -2.51. The van der Waals surface area contributed by atoms with Gasteiger partial charge in [-0.1, -0.05) is 43.6 Å². The maximum Gasteiger partial charge on any atom is 0.312 e. The summed E-state index contributed by atoms with van der Waals surface area (Å²) in [6.07, 6.45) is 6.21. The van der Waals surface area contributed by atoms with Crippen LogP contribution in [-0.4, -0.2) is 104 Å². The summed E-state index contributed by atoms with van der Waals surface area (Å²) in [4.78, 5) is 37.4. The number of piperidine rings is 1. The van der Waals surface area contributed by atoms with Crippen molar-refractivity contribution < 1.29 is 36.7 Å². The maximum atomic E-state index is 15.8. The Morgan fingerprint density at radius 2 is 1.82 bits per heavy atom. The molecule has 1 aliphatic carbocycles. The number of rotatable bonds is 13. The van der Waals surface area contributed by atoms with E-state index in [1.54, 1.807) is 18.3 Å². The van der Waals surface area contributed by atoms with Crippen LogP contribution in [0.4, 0.5) is 15.8 Å². The van der Waals surface area contributed by atoms with Gasteiger partial charge in [0.25, 0.3) is 15.9 Å². The number of piperazine rings is 1. The van der Waals surface area contributed by atoms with E-state index >= 15 is 4.39 Å². The van der Waals surface area contributed by atoms with Crippen molar-refractivity contribution in [1.29, 1.82) is 0 Å². The average molecular weight is 943 g/mol. The zero-order valence-electron chi connectivity index (χ0n) is 37.1. The Balaban J connectivity index is 1.04. The van der Waals surface area contributed by atoms with E-state index in [9.17, 15) is 23.3 Å². The van der Waals surface area contributed by atoms with Gasteiger partial charge in [0.2, 0.25) is 0 Å². The standard InChI is InChI=1S/C48H53ClFN7O8S/c1-46(2)15-13-39(38(25-46)31-7-9-33(49)10-8-31)47(3)29-51-19-22-56(47)40-6-4-5-37(43(40)65-35-23-32-14-18-52-44(32)53-26-35)45(58)54-66(61,62)36-11-12-42(41(24-36)57(59)60)64-30-48(50)16-20-55(21-17-48)34-27-63-28-34/h4-12,14,18,23-24,26,34,51H,13,15-17,19-22,25,27-30H2,1-3H3,(H,52,53)(H,54,58). The molecule has 3 saturated heterocycles. The zero-order valence-corrected chi connectivity index (χ0v) is 38.6. The number of ether oxygens (including phenoxy) is 3. The van der Waals surface area contributed by atoms with Gasteiger partial charge in [0.05, 0.1) is 52.1 Å². The van der Waals surface area contributed by atoms with Crippen molar-refractivity contribution in [3.8, 4) is 17.2 Å². The van der Waals surface area contributed by atoms with Crippen LogP contribution in [0.5, 0.6) is 17.2 Å². The first-order chi connectivity index (χ1) is 31.5. The van der Waals surface area contributed by atoms with Gasteiger partial charge >= 0.3 is 5.69 Å². The number of carbonyl (C=O) groups is 1. The molecule has 0 spiro atoms. The van der Waals surface area contributed by atoms with Gasteiger partial charge in [-0.15, -0.1) is 0 Å². The van der Waals surface area contributed by atoms with E-state index in [2.05, 4.69) is 62.7 Å². The maximum absolute atomic E-state index is 15.8. The second kappa shape index (κ2) is 17.9. The normalized spacial score (nSPS) is 21.3. The Morgan fingerprint density at radius 1 is 1.05 bits per heavy atom. The first kappa shape index (κ1) is 45.6. The molecule has 18 heteroatoms. The highest BCUT2D eigenvalue weighted by Gasteiger charge is 2.44. The predicted octanol–water partition coefficient (Wildman–Crippen LogP) is 8.45.